The molecular formula is C19H29N3O3S. The normalized spacial score (nSPS) is 29.8. The number of aryl methyl sites for hydroxylation is 1. The fourth-order valence-electron chi connectivity index (χ4n) is 4.39. The summed E-state index contributed by atoms with van der Waals surface area (Å²) < 4.78 is 27.5. The monoisotopic (exact) mass is 379 g/mol. The van der Waals surface area contributed by atoms with Crippen molar-refractivity contribution in [3.05, 3.63) is 29.8 Å². The van der Waals surface area contributed by atoms with E-state index in [0.29, 0.717) is 11.8 Å². The summed E-state index contributed by atoms with van der Waals surface area (Å²) in [4.78, 5) is 12.8. The molecule has 6 nitrogen and oxygen atoms in total. The molecule has 2 aliphatic carbocycles. The van der Waals surface area contributed by atoms with Crippen LogP contribution in [0.4, 0.5) is 0 Å². The van der Waals surface area contributed by atoms with Gasteiger partial charge >= 0.3 is 0 Å². The van der Waals surface area contributed by atoms with E-state index in [2.05, 4.69) is 10.0 Å². The maximum absolute atomic E-state index is 12.6. The van der Waals surface area contributed by atoms with E-state index in [4.69, 9.17) is 5.73 Å². The third-order valence-corrected chi connectivity index (χ3v) is 7.30. The Morgan fingerprint density at radius 1 is 1.15 bits per heavy atom. The van der Waals surface area contributed by atoms with E-state index in [9.17, 15) is 13.2 Å². The van der Waals surface area contributed by atoms with Crippen molar-refractivity contribution in [2.45, 2.75) is 69.0 Å². The molecule has 2 fully saturated rings. The molecule has 1 aromatic rings. The smallest absolute Gasteiger partial charge is 0.241 e. The van der Waals surface area contributed by atoms with Crippen LogP contribution < -0.4 is 15.8 Å². The van der Waals surface area contributed by atoms with Crippen LogP contribution in [-0.4, -0.2) is 32.5 Å². The Bertz CT molecular complexity index is 734. The van der Waals surface area contributed by atoms with Crippen LogP contribution >= 0.6 is 0 Å². The Balaban J connectivity index is 1.63. The predicted molar refractivity (Wildman–Crippen MR) is 101 cm³/mol. The minimum absolute atomic E-state index is 0.113. The van der Waals surface area contributed by atoms with Crippen LogP contribution in [0, 0.1) is 18.8 Å². The number of carbonyl (C=O) groups excluding carboxylic acids is 1. The first-order valence-electron chi connectivity index (χ1n) is 9.41. The van der Waals surface area contributed by atoms with Crippen molar-refractivity contribution in [3.63, 3.8) is 0 Å². The number of rotatable bonds is 5. The molecule has 0 heterocycles. The highest BCUT2D eigenvalue weighted by Gasteiger charge is 2.40. The van der Waals surface area contributed by atoms with Crippen molar-refractivity contribution in [1.82, 2.24) is 10.0 Å². The Labute approximate surface area is 156 Å². The molecule has 7 heteroatoms. The summed E-state index contributed by atoms with van der Waals surface area (Å²) in [6, 6.07) is 6.10. The Hall–Kier alpha value is -1.44. The maximum Gasteiger partial charge on any atom is 0.241 e. The molecule has 3 atom stereocenters. The van der Waals surface area contributed by atoms with Crippen molar-refractivity contribution in [2.24, 2.45) is 17.6 Å². The standard InChI is InChI=1S/C19H29N3O3S/c1-12-6-8-17(9-7-12)26(24,25)22-13(2)19(23)21-18-14-4-3-5-15(18)11-16(20)10-14/h6-9,13-16,18,22H,3-5,10-11,20H2,1-2H3,(H,21,23). The fourth-order valence-corrected chi connectivity index (χ4v) is 5.59. The lowest BCUT2D eigenvalue weighted by atomic mass is 9.67. The first-order chi connectivity index (χ1) is 12.3. The number of nitrogens with two attached hydrogens (primary N) is 1. The average Bonchev–Trinajstić information content (AvgIpc) is 2.55. The highest BCUT2D eigenvalue weighted by molar-refractivity contribution is 7.89. The van der Waals surface area contributed by atoms with E-state index in [-0.39, 0.29) is 22.9 Å². The van der Waals surface area contributed by atoms with Gasteiger partial charge in [-0.1, -0.05) is 24.1 Å². The Morgan fingerprint density at radius 2 is 1.73 bits per heavy atom. The van der Waals surface area contributed by atoms with Gasteiger partial charge in [-0.3, -0.25) is 4.79 Å². The van der Waals surface area contributed by atoms with Gasteiger partial charge in [0, 0.05) is 12.1 Å². The quantitative estimate of drug-likeness (QED) is 0.724. The second-order valence-electron chi connectivity index (χ2n) is 7.87. The zero-order valence-electron chi connectivity index (χ0n) is 15.4. The van der Waals surface area contributed by atoms with E-state index in [1.165, 1.54) is 6.42 Å². The van der Waals surface area contributed by atoms with Gasteiger partial charge in [-0.15, -0.1) is 0 Å². The molecule has 4 N–H and O–H groups in total. The van der Waals surface area contributed by atoms with Crippen molar-refractivity contribution >= 4 is 15.9 Å². The van der Waals surface area contributed by atoms with E-state index in [0.717, 1.165) is 31.2 Å². The number of fused-ring (bicyclic) bond motifs is 2. The molecule has 3 rings (SSSR count). The summed E-state index contributed by atoms with van der Waals surface area (Å²) in [5, 5.41) is 3.10. The Morgan fingerprint density at radius 3 is 2.31 bits per heavy atom. The van der Waals surface area contributed by atoms with Gasteiger partial charge in [0.25, 0.3) is 0 Å². The molecule has 0 spiro atoms. The van der Waals surface area contributed by atoms with Crippen molar-refractivity contribution in [3.8, 4) is 0 Å². The van der Waals surface area contributed by atoms with Crippen LogP contribution in [-0.2, 0) is 14.8 Å². The van der Waals surface area contributed by atoms with Gasteiger partial charge in [0.1, 0.15) is 0 Å². The van der Waals surface area contributed by atoms with Gasteiger partial charge in [0.05, 0.1) is 10.9 Å². The summed E-state index contributed by atoms with van der Waals surface area (Å²) >= 11 is 0. The van der Waals surface area contributed by atoms with E-state index in [1.54, 1.807) is 31.2 Å². The number of nitrogens with one attached hydrogen (secondary N) is 2. The van der Waals surface area contributed by atoms with Crippen LogP contribution in [0.15, 0.2) is 29.2 Å². The zero-order valence-corrected chi connectivity index (χ0v) is 16.3. The lowest BCUT2D eigenvalue weighted by Crippen LogP contribution is -2.57. The topological polar surface area (TPSA) is 101 Å². The fraction of sp³-hybridized carbons (Fsp3) is 0.632. The molecular weight excluding hydrogens is 350 g/mol. The van der Waals surface area contributed by atoms with Gasteiger partial charge in [-0.25, -0.2) is 8.42 Å². The number of hydrogen-bond donors (Lipinski definition) is 3. The largest absolute Gasteiger partial charge is 0.351 e. The van der Waals surface area contributed by atoms with Gasteiger partial charge in [0.2, 0.25) is 15.9 Å². The summed E-state index contributed by atoms with van der Waals surface area (Å²) in [5.74, 6) is 0.544. The third kappa shape index (κ3) is 4.27. The van der Waals surface area contributed by atoms with Crippen molar-refractivity contribution in [2.75, 3.05) is 0 Å². The van der Waals surface area contributed by atoms with Gasteiger partial charge in [0.15, 0.2) is 0 Å². The zero-order chi connectivity index (χ0) is 18.9. The molecule has 0 aromatic heterocycles. The lowest BCUT2D eigenvalue weighted by molar-refractivity contribution is -0.124. The molecule has 26 heavy (non-hydrogen) atoms. The van der Waals surface area contributed by atoms with Crippen LogP contribution in [0.25, 0.3) is 0 Å². The van der Waals surface area contributed by atoms with Crippen LogP contribution in [0.3, 0.4) is 0 Å². The van der Waals surface area contributed by atoms with Crippen LogP contribution in [0.5, 0.6) is 0 Å². The van der Waals surface area contributed by atoms with E-state index in [1.807, 2.05) is 6.92 Å². The van der Waals surface area contributed by atoms with Crippen molar-refractivity contribution in [1.29, 1.82) is 0 Å². The molecule has 2 bridgehead atoms. The number of hydrogen-bond acceptors (Lipinski definition) is 4. The molecule has 1 amide bonds. The molecule has 144 valence electrons. The average molecular weight is 380 g/mol. The minimum atomic E-state index is -3.72. The van der Waals surface area contributed by atoms with Gasteiger partial charge in [-0.2, -0.15) is 4.72 Å². The molecule has 0 saturated heterocycles. The summed E-state index contributed by atoms with van der Waals surface area (Å²) in [6.07, 6.45) is 5.22. The molecule has 2 aliphatic rings. The molecule has 0 radical (unpaired) electrons. The lowest BCUT2D eigenvalue weighted by Gasteiger charge is -2.45. The Kier molecular flexibility index (Phi) is 5.69. The summed E-state index contributed by atoms with van der Waals surface area (Å²) in [5.41, 5.74) is 7.11. The predicted octanol–water partition coefficient (Wildman–Crippen LogP) is 1.68. The number of benzene rings is 1. The van der Waals surface area contributed by atoms with E-state index >= 15 is 0 Å². The highest BCUT2D eigenvalue weighted by atomic mass is 32.2. The number of amides is 1. The van der Waals surface area contributed by atoms with Crippen LogP contribution in [0.1, 0.15) is 44.6 Å². The van der Waals surface area contributed by atoms with Gasteiger partial charge < -0.3 is 11.1 Å². The molecule has 1 aromatic carbocycles. The number of sulfonamides is 1. The minimum Gasteiger partial charge on any atom is -0.351 e. The summed E-state index contributed by atoms with van der Waals surface area (Å²) in [7, 11) is -3.72. The first-order valence-corrected chi connectivity index (χ1v) is 10.9. The first kappa shape index (κ1) is 19.3. The maximum atomic E-state index is 12.6. The molecule has 3 unspecified atom stereocenters. The highest BCUT2D eigenvalue weighted by Crippen LogP contribution is 2.39. The summed E-state index contributed by atoms with van der Waals surface area (Å²) in [6.45, 7) is 3.48. The third-order valence-electron chi connectivity index (χ3n) is 5.74. The second-order valence-corrected chi connectivity index (χ2v) is 9.59. The SMILES string of the molecule is Cc1ccc(S(=O)(=O)NC(C)C(=O)NC2C3CCCC2CC(N)C3)cc1. The molecule has 2 saturated carbocycles. The van der Waals surface area contributed by atoms with E-state index < -0.39 is 16.1 Å². The number of carbonyl (C=O) groups is 1. The second kappa shape index (κ2) is 7.66. The van der Waals surface area contributed by atoms with Crippen molar-refractivity contribution < 1.29 is 13.2 Å². The van der Waals surface area contributed by atoms with Crippen LogP contribution in [0.2, 0.25) is 0 Å². The molecule has 0 aliphatic heterocycles. The van der Waals surface area contributed by atoms with Gasteiger partial charge in [-0.05, 0) is 63.5 Å².